The third-order valence-corrected chi connectivity index (χ3v) is 6.10. The summed E-state index contributed by atoms with van der Waals surface area (Å²) in [5.41, 5.74) is 1.03. The van der Waals surface area contributed by atoms with Gasteiger partial charge < -0.3 is 14.6 Å². The van der Waals surface area contributed by atoms with Gasteiger partial charge in [-0.3, -0.25) is 0 Å². The normalized spacial score (nSPS) is 20.4. The molecular weight excluding hydrogens is 338 g/mol. The summed E-state index contributed by atoms with van der Waals surface area (Å²) < 4.78 is 11.4. The van der Waals surface area contributed by atoms with Crippen molar-refractivity contribution in [1.29, 1.82) is 0 Å². The van der Waals surface area contributed by atoms with Crippen molar-refractivity contribution in [3.05, 3.63) is 34.8 Å². The maximum atomic E-state index is 11.5. The molecule has 2 fully saturated rings. The van der Waals surface area contributed by atoms with Crippen molar-refractivity contribution >= 4 is 17.3 Å². The van der Waals surface area contributed by atoms with Crippen LogP contribution in [0.1, 0.15) is 53.3 Å². The second kappa shape index (κ2) is 7.14. The number of carboxylic acids is 1. The number of ether oxygens (including phenoxy) is 2. The molecule has 25 heavy (non-hydrogen) atoms. The number of carboxylic acid groups (broad SMARTS) is 1. The molecule has 2 aliphatic rings. The molecule has 0 radical (unpaired) electrons. The minimum Gasteiger partial charge on any atom is -0.491 e. The first-order chi connectivity index (χ1) is 12.2. The molecule has 1 N–H and O–H groups in total. The van der Waals surface area contributed by atoms with Crippen molar-refractivity contribution in [2.45, 2.75) is 44.1 Å². The van der Waals surface area contributed by atoms with Gasteiger partial charge in [-0.05, 0) is 49.8 Å². The SMILES string of the molecule is O=C(O)c1cc(OC[C@H]2CCCO2)cc(-c2ncc(C3CCC3)s2)c1. The molecule has 132 valence electrons. The number of rotatable bonds is 6. The van der Waals surface area contributed by atoms with Gasteiger partial charge in [0.1, 0.15) is 17.4 Å². The van der Waals surface area contributed by atoms with Crippen LogP contribution in [0.3, 0.4) is 0 Å². The lowest BCUT2D eigenvalue weighted by Gasteiger charge is -2.23. The molecule has 1 atom stereocenters. The van der Waals surface area contributed by atoms with Crippen LogP contribution < -0.4 is 4.74 Å². The van der Waals surface area contributed by atoms with E-state index in [0.717, 1.165) is 30.0 Å². The van der Waals surface area contributed by atoms with Crippen LogP contribution in [0.25, 0.3) is 10.6 Å². The smallest absolute Gasteiger partial charge is 0.335 e. The van der Waals surface area contributed by atoms with Crippen LogP contribution in [0.5, 0.6) is 5.75 Å². The van der Waals surface area contributed by atoms with E-state index in [1.54, 1.807) is 23.5 Å². The number of aromatic carboxylic acids is 1. The van der Waals surface area contributed by atoms with Crippen LogP contribution in [-0.4, -0.2) is 35.4 Å². The summed E-state index contributed by atoms with van der Waals surface area (Å²) in [5.74, 6) is 0.231. The van der Waals surface area contributed by atoms with E-state index in [-0.39, 0.29) is 11.7 Å². The van der Waals surface area contributed by atoms with E-state index in [1.807, 2.05) is 12.3 Å². The van der Waals surface area contributed by atoms with Gasteiger partial charge in [0.2, 0.25) is 0 Å². The van der Waals surface area contributed by atoms with Gasteiger partial charge in [-0.2, -0.15) is 0 Å². The van der Waals surface area contributed by atoms with Crippen LogP contribution in [-0.2, 0) is 4.74 Å². The van der Waals surface area contributed by atoms with Crippen LogP contribution in [0, 0.1) is 0 Å². The summed E-state index contributed by atoms with van der Waals surface area (Å²) in [5, 5.41) is 10.3. The molecule has 4 rings (SSSR count). The summed E-state index contributed by atoms with van der Waals surface area (Å²) in [6.07, 6.45) is 7.82. The fourth-order valence-electron chi connectivity index (χ4n) is 3.20. The van der Waals surface area contributed by atoms with E-state index >= 15 is 0 Å². The zero-order chi connectivity index (χ0) is 17.2. The fraction of sp³-hybridized carbons (Fsp3) is 0.474. The Morgan fingerprint density at radius 2 is 2.16 bits per heavy atom. The summed E-state index contributed by atoms with van der Waals surface area (Å²) in [6, 6.07) is 5.12. The first-order valence-electron chi connectivity index (χ1n) is 8.78. The summed E-state index contributed by atoms with van der Waals surface area (Å²) in [6.45, 7) is 1.23. The second-order valence-electron chi connectivity index (χ2n) is 6.69. The van der Waals surface area contributed by atoms with Gasteiger partial charge >= 0.3 is 5.97 Å². The Morgan fingerprint density at radius 3 is 2.84 bits per heavy atom. The molecule has 1 aromatic carbocycles. The second-order valence-corrected chi connectivity index (χ2v) is 7.76. The lowest BCUT2D eigenvalue weighted by atomic mass is 9.85. The molecule has 1 saturated carbocycles. The number of hydrogen-bond acceptors (Lipinski definition) is 5. The third-order valence-electron chi connectivity index (χ3n) is 4.89. The highest BCUT2D eigenvalue weighted by molar-refractivity contribution is 7.15. The molecule has 6 heteroatoms. The predicted octanol–water partition coefficient (Wildman–Crippen LogP) is 4.33. The van der Waals surface area contributed by atoms with Crippen molar-refractivity contribution in [2.75, 3.05) is 13.2 Å². The standard InChI is InChI=1S/C19H21NO4S/c21-19(22)14-7-13(18-20-10-17(25-18)12-3-1-4-12)8-16(9-14)24-11-15-5-2-6-23-15/h7-10,12,15H,1-6,11H2,(H,21,22)/t15-/m1/s1. The fourth-order valence-corrected chi connectivity index (χ4v) is 4.27. The van der Waals surface area contributed by atoms with Crippen LogP contribution in [0.2, 0.25) is 0 Å². The van der Waals surface area contributed by atoms with Crippen molar-refractivity contribution in [3.63, 3.8) is 0 Å². The molecule has 1 saturated heterocycles. The lowest BCUT2D eigenvalue weighted by Crippen LogP contribution is -2.16. The van der Waals surface area contributed by atoms with E-state index in [9.17, 15) is 9.90 Å². The van der Waals surface area contributed by atoms with Gasteiger partial charge in [0.15, 0.2) is 0 Å². The minimum atomic E-state index is -0.959. The summed E-state index contributed by atoms with van der Waals surface area (Å²) >= 11 is 1.66. The van der Waals surface area contributed by atoms with Gasteiger partial charge in [0.05, 0.1) is 11.7 Å². The highest BCUT2D eigenvalue weighted by Crippen LogP contribution is 2.41. The number of benzene rings is 1. The lowest BCUT2D eigenvalue weighted by molar-refractivity contribution is 0.0672. The van der Waals surface area contributed by atoms with E-state index in [4.69, 9.17) is 9.47 Å². The van der Waals surface area contributed by atoms with Crippen LogP contribution >= 0.6 is 11.3 Å². The zero-order valence-electron chi connectivity index (χ0n) is 13.9. The number of hydrogen-bond donors (Lipinski definition) is 1. The summed E-state index contributed by atoms with van der Waals surface area (Å²) in [4.78, 5) is 17.3. The molecule has 2 aromatic rings. The monoisotopic (exact) mass is 359 g/mol. The Bertz CT molecular complexity index is 763. The molecule has 0 unspecified atom stereocenters. The molecule has 1 aliphatic carbocycles. The number of nitrogens with zero attached hydrogens (tertiary/aromatic N) is 1. The highest BCUT2D eigenvalue weighted by Gasteiger charge is 2.22. The van der Waals surface area contributed by atoms with Crippen molar-refractivity contribution < 1.29 is 19.4 Å². The molecule has 1 aliphatic heterocycles. The van der Waals surface area contributed by atoms with Gasteiger partial charge in [-0.1, -0.05) is 6.42 Å². The van der Waals surface area contributed by atoms with Crippen molar-refractivity contribution in [1.82, 2.24) is 4.98 Å². The van der Waals surface area contributed by atoms with Gasteiger partial charge in [-0.15, -0.1) is 11.3 Å². The third kappa shape index (κ3) is 3.70. The van der Waals surface area contributed by atoms with Crippen LogP contribution in [0.15, 0.2) is 24.4 Å². The maximum Gasteiger partial charge on any atom is 0.335 e. The van der Waals surface area contributed by atoms with Gasteiger partial charge in [-0.25, -0.2) is 9.78 Å². The van der Waals surface area contributed by atoms with Gasteiger partial charge in [0.25, 0.3) is 0 Å². The Hall–Kier alpha value is -1.92. The maximum absolute atomic E-state index is 11.5. The highest BCUT2D eigenvalue weighted by atomic mass is 32.1. The average molecular weight is 359 g/mol. The quantitative estimate of drug-likeness (QED) is 0.831. The first-order valence-corrected chi connectivity index (χ1v) is 9.59. The Labute approximate surface area is 150 Å². The number of carbonyl (C=O) groups is 1. The average Bonchev–Trinajstić information content (AvgIpc) is 3.23. The molecule has 0 bridgehead atoms. The largest absolute Gasteiger partial charge is 0.491 e. The van der Waals surface area contributed by atoms with Crippen molar-refractivity contribution in [2.24, 2.45) is 0 Å². The summed E-state index contributed by atoms with van der Waals surface area (Å²) in [7, 11) is 0. The van der Waals surface area contributed by atoms with Crippen LogP contribution in [0.4, 0.5) is 0 Å². The predicted molar refractivity (Wildman–Crippen MR) is 95.6 cm³/mol. The molecule has 0 spiro atoms. The molecular formula is C19H21NO4S. The Morgan fingerprint density at radius 1 is 1.28 bits per heavy atom. The van der Waals surface area contributed by atoms with Gasteiger partial charge in [0, 0.05) is 23.2 Å². The molecule has 2 heterocycles. The van der Waals surface area contributed by atoms with E-state index < -0.39 is 5.97 Å². The Kier molecular flexibility index (Phi) is 4.72. The molecule has 0 amide bonds. The number of aromatic nitrogens is 1. The Balaban J connectivity index is 1.57. The minimum absolute atomic E-state index is 0.0991. The van der Waals surface area contributed by atoms with E-state index in [0.29, 0.717) is 18.3 Å². The molecule has 5 nitrogen and oxygen atoms in total. The topological polar surface area (TPSA) is 68.7 Å². The first kappa shape index (κ1) is 16.5. The van der Waals surface area contributed by atoms with Crippen molar-refractivity contribution in [3.8, 4) is 16.3 Å². The zero-order valence-corrected chi connectivity index (χ0v) is 14.8. The number of thiazole rings is 1. The molecule has 1 aromatic heterocycles. The van der Waals surface area contributed by atoms with E-state index in [1.165, 1.54) is 24.1 Å². The van der Waals surface area contributed by atoms with E-state index in [2.05, 4.69) is 4.98 Å².